The Balaban J connectivity index is 1.62. The molecule has 192 valence electrons. The van der Waals surface area contributed by atoms with E-state index in [0.29, 0.717) is 16.5 Å². The van der Waals surface area contributed by atoms with Crippen LogP contribution < -0.4 is 4.74 Å². The second-order valence-electron chi connectivity index (χ2n) is 8.48. The summed E-state index contributed by atoms with van der Waals surface area (Å²) in [6.45, 7) is 5.62. The van der Waals surface area contributed by atoms with E-state index >= 15 is 0 Å². The van der Waals surface area contributed by atoms with Crippen LogP contribution in [0.3, 0.4) is 0 Å². The van der Waals surface area contributed by atoms with Crippen molar-refractivity contribution in [3.8, 4) is 11.4 Å². The molecule has 0 N–H and O–H groups in total. The van der Waals surface area contributed by atoms with E-state index < -0.39 is 5.25 Å². The van der Waals surface area contributed by atoms with Crippen molar-refractivity contribution in [3.63, 3.8) is 0 Å². The van der Waals surface area contributed by atoms with Crippen LogP contribution in [-0.4, -0.2) is 26.2 Å². The Kier molecular flexibility index (Phi) is 8.36. The van der Waals surface area contributed by atoms with E-state index in [1.165, 1.54) is 23.9 Å². The largest absolute Gasteiger partial charge is 0.486 e. The first-order valence-corrected chi connectivity index (χ1v) is 12.9. The summed E-state index contributed by atoms with van der Waals surface area (Å²) in [5.74, 6) is 0.559. The average Bonchev–Trinajstić information content (AvgIpc) is 3.20. The molecule has 0 unspecified atom stereocenters. The van der Waals surface area contributed by atoms with Crippen LogP contribution in [0.25, 0.3) is 5.69 Å². The molecule has 0 fully saturated rings. The van der Waals surface area contributed by atoms with Crippen LogP contribution in [0.2, 0.25) is 10.0 Å². The average molecular weight is 561 g/mol. The quantitative estimate of drug-likeness (QED) is 0.121. The van der Waals surface area contributed by atoms with Crippen LogP contribution in [0.15, 0.2) is 59.8 Å². The van der Waals surface area contributed by atoms with Crippen molar-refractivity contribution in [2.24, 2.45) is 0 Å². The second kappa shape index (κ2) is 11.5. The molecule has 1 heterocycles. The van der Waals surface area contributed by atoms with Gasteiger partial charge in [-0.1, -0.05) is 53.2 Å². The number of hydrogen-bond donors (Lipinski definition) is 0. The first-order chi connectivity index (χ1) is 17.6. The summed E-state index contributed by atoms with van der Waals surface area (Å²) in [5, 5.41) is 20.3. The lowest BCUT2D eigenvalue weighted by molar-refractivity contribution is -0.479. The summed E-state index contributed by atoms with van der Waals surface area (Å²) in [6.07, 6.45) is 0. The van der Waals surface area contributed by atoms with Crippen LogP contribution >= 0.6 is 35.0 Å². The normalized spacial score (nSPS) is 11.9. The van der Waals surface area contributed by atoms with Gasteiger partial charge in [-0.25, -0.2) is 4.39 Å². The van der Waals surface area contributed by atoms with E-state index in [-0.39, 0.29) is 39.7 Å². The van der Waals surface area contributed by atoms with Gasteiger partial charge in [0.25, 0.3) is 0 Å². The van der Waals surface area contributed by atoms with Gasteiger partial charge in [0.2, 0.25) is 6.54 Å². The Morgan fingerprint density at radius 1 is 1.03 bits per heavy atom. The molecule has 7 nitrogen and oxygen atoms in total. The Bertz CT molecular complexity index is 1420. The van der Waals surface area contributed by atoms with E-state index in [1.54, 1.807) is 24.3 Å². The van der Waals surface area contributed by atoms with E-state index in [0.717, 1.165) is 22.4 Å². The van der Waals surface area contributed by atoms with Crippen LogP contribution in [0.4, 0.5) is 4.39 Å². The van der Waals surface area contributed by atoms with Crippen LogP contribution in [0, 0.1) is 36.7 Å². The molecule has 37 heavy (non-hydrogen) atoms. The van der Waals surface area contributed by atoms with Gasteiger partial charge in [0, 0.05) is 10.6 Å². The number of benzene rings is 3. The summed E-state index contributed by atoms with van der Waals surface area (Å²) in [4.78, 5) is 11.2. The third-order valence-electron chi connectivity index (χ3n) is 5.80. The molecule has 0 spiro atoms. The van der Waals surface area contributed by atoms with E-state index in [2.05, 4.69) is 10.2 Å². The molecule has 0 aliphatic rings. The van der Waals surface area contributed by atoms with Crippen molar-refractivity contribution in [2.45, 2.75) is 37.8 Å². The lowest BCUT2D eigenvalue weighted by Gasteiger charge is -2.17. The highest BCUT2D eigenvalue weighted by molar-refractivity contribution is 7.99. The van der Waals surface area contributed by atoms with Gasteiger partial charge >= 0.3 is 0 Å². The summed E-state index contributed by atoms with van der Waals surface area (Å²) in [7, 11) is 0. The van der Waals surface area contributed by atoms with Gasteiger partial charge in [0.05, 0.1) is 10.0 Å². The summed E-state index contributed by atoms with van der Waals surface area (Å²) in [5.41, 5.74) is 4.42. The predicted octanol–water partition coefficient (Wildman–Crippen LogP) is 7.33. The molecule has 0 radical (unpaired) electrons. The zero-order valence-corrected chi connectivity index (χ0v) is 22.6. The highest BCUT2D eigenvalue weighted by Gasteiger charge is 2.26. The minimum atomic E-state index is -0.648. The second-order valence-corrected chi connectivity index (χ2v) is 10.5. The Hall–Kier alpha value is -3.14. The maximum Gasteiger partial charge on any atom is 0.220 e. The number of thioether (sulfide) groups is 1. The van der Waals surface area contributed by atoms with Crippen molar-refractivity contribution >= 4 is 35.0 Å². The zero-order valence-electron chi connectivity index (χ0n) is 20.2. The van der Waals surface area contributed by atoms with Gasteiger partial charge in [-0.05, 0) is 79.4 Å². The van der Waals surface area contributed by atoms with Crippen LogP contribution in [-0.2, 0) is 6.61 Å². The fourth-order valence-electron chi connectivity index (χ4n) is 3.69. The molecule has 0 aliphatic heterocycles. The molecule has 0 aliphatic carbocycles. The van der Waals surface area contributed by atoms with E-state index in [9.17, 15) is 14.5 Å². The molecule has 0 saturated carbocycles. The standard InChI is InChI=1S/C26H23Cl2FN4O3S/c1-15-4-9-21(10-16(15)2)33-17(3)30-31-26(33)37-24(13-32(34)35)19-11-22(27)25(23(28)12-19)36-14-18-5-7-20(29)8-6-18/h4-12,24H,13-14H2,1-3H3/t24-/m0/s1. The van der Waals surface area contributed by atoms with Gasteiger partial charge in [0.15, 0.2) is 10.9 Å². The molecule has 0 saturated heterocycles. The highest BCUT2D eigenvalue weighted by atomic mass is 35.5. The third kappa shape index (κ3) is 6.41. The monoisotopic (exact) mass is 560 g/mol. The summed E-state index contributed by atoms with van der Waals surface area (Å²) in [6, 6.07) is 15.1. The van der Waals surface area contributed by atoms with Gasteiger partial charge in [-0.15, -0.1) is 10.2 Å². The van der Waals surface area contributed by atoms with Crippen LogP contribution in [0.5, 0.6) is 5.75 Å². The Morgan fingerprint density at radius 2 is 1.70 bits per heavy atom. The van der Waals surface area contributed by atoms with Crippen molar-refractivity contribution in [3.05, 3.63) is 109 Å². The smallest absolute Gasteiger partial charge is 0.220 e. The number of hydrogen-bond acceptors (Lipinski definition) is 6. The minimum absolute atomic E-state index is 0.129. The third-order valence-corrected chi connectivity index (χ3v) is 7.54. The minimum Gasteiger partial charge on any atom is -0.486 e. The number of aromatic nitrogens is 3. The fourth-order valence-corrected chi connectivity index (χ4v) is 5.46. The molecular formula is C26H23Cl2FN4O3S. The molecule has 1 atom stereocenters. The number of aryl methyl sites for hydroxylation is 3. The van der Waals surface area contributed by atoms with E-state index in [4.69, 9.17) is 27.9 Å². The molecular weight excluding hydrogens is 538 g/mol. The molecule has 0 amide bonds. The van der Waals surface area contributed by atoms with Gasteiger partial charge in [0.1, 0.15) is 23.5 Å². The number of nitro groups is 1. The van der Waals surface area contributed by atoms with Crippen molar-refractivity contribution < 1.29 is 14.1 Å². The van der Waals surface area contributed by atoms with E-state index in [1.807, 2.05) is 43.5 Å². The number of halogens is 3. The molecule has 4 aromatic rings. The van der Waals surface area contributed by atoms with Gasteiger partial charge in [-0.2, -0.15) is 0 Å². The van der Waals surface area contributed by atoms with Crippen molar-refractivity contribution in [1.29, 1.82) is 0 Å². The topological polar surface area (TPSA) is 83.1 Å². The lowest BCUT2D eigenvalue weighted by atomic mass is 10.1. The van der Waals surface area contributed by atoms with Gasteiger partial charge in [-0.3, -0.25) is 14.7 Å². The van der Waals surface area contributed by atoms with Crippen molar-refractivity contribution in [2.75, 3.05) is 6.54 Å². The predicted molar refractivity (Wildman–Crippen MR) is 143 cm³/mol. The SMILES string of the molecule is Cc1ccc(-n2c(C)nnc2S[C@@H](C[N+](=O)[O-])c2cc(Cl)c(OCc3ccc(F)cc3)c(Cl)c2)cc1C. The number of rotatable bonds is 9. The molecule has 0 bridgehead atoms. The number of ether oxygens (including phenoxy) is 1. The summed E-state index contributed by atoms with van der Waals surface area (Å²) >= 11 is 14.2. The zero-order chi connectivity index (χ0) is 26.7. The maximum absolute atomic E-state index is 13.2. The van der Waals surface area contributed by atoms with Crippen molar-refractivity contribution in [1.82, 2.24) is 14.8 Å². The Labute approximate surface area is 227 Å². The Morgan fingerprint density at radius 3 is 2.32 bits per heavy atom. The molecule has 4 rings (SSSR count). The first kappa shape index (κ1) is 26.9. The van der Waals surface area contributed by atoms with Crippen LogP contribution in [0.1, 0.15) is 33.3 Å². The van der Waals surface area contributed by atoms with Gasteiger partial charge < -0.3 is 4.74 Å². The number of nitrogens with zero attached hydrogens (tertiary/aromatic N) is 4. The fraction of sp³-hybridized carbons (Fsp3) is 0.231. The first-order valence-electron chi connectivity index (χ1n) is 11.3. The maximum atomic E-state index is 13.2. The lowest BCUT2D eigenvalue weighted by Crippen LogP contribution is -2.11. The highest BCUT2D eigenvalue weighted by Crippen LogP contribution is 2.42. The summed E-state index contributed by atoms with van der Waals surface area (Å²) < 4.78 is 20.8. The molecule has 11 heteroatoms. The molecule has 3 aromatic carbocycles. The molecule has 1 aromatic heterocycles.